The lowest BCUT2D eigenvalue weighted by atomic mass is 9.65. The molecule has 0 saturated carbocycles. The Morgan fingerprint density at radius 1 is 0.145 bits per heavy atom. The molecule has 0 bridgehead atoms. The lowest BCUT2D eigenvalue weighted by molar-refractivity contribution is 0.748. The van der Waals surface area contributed by atoms with Gasteiger partial charge in [0, 0.05) is 55.4 Å². The maximum atomic E-state index is 2.56. The molecule has 2 spiro atoms. The van der Waals surface area contributed by atoms with Gasteiger partial charge >= 0.3 is 0 Å². The number of hydrogen-bond acceptors (Lipinski definition) is 2. The molecule has 0 unspecified atom stereocenters. The zero-order chi connectivity index (χ0) is 95.4. The minimum Gasteiger partial charge on any atom is -0.310 e. The molecule has 145 heavy (non-hydrogen) atoms. The third kappa shape index (κ3) is 12.4. The Labute approximate surface area is 843 Å². The summed E-state index contributed by atoms with van der Waals surface area (Å²) in [7, 11) is 0. The maximum Gasteiger partial charge on any atom is 0.0754 e. The molecule has 23 aromatic carbocycles. The smallest absolute Gasteiger partial charge is 0.0754 e. The SMILES string of the molecule is c1ccc(-c2ccc(-c3ccc(N(c4ccc5c(c4)c4cccc6c4n5-c4ccccc4C64c5ccccc5-c5ccccc54)c4ccccc4-c4ccc(-c5ccccc5)cc4)cc3)cc2)cc1.c1ccc(-c2ccc(-c3ccccc3N(c3ccc4c(c3)C(c3ccccc3)(c3ccccc3)c3ccccc3-4)c3ccc4c(c3)c3cccc5c3n4-c3ccccc3C53c4ccccc4-c4ccccc43)cc2)cc1. The molecule has 4 heteroatoms. The van der Waals surface area contributed by atoms with Crippen molar-refractivity contribution in [1.82, 2.24) is 9.13 Å². The Kier molecular flexibility index (Phi) is 19.1. The van der Waals surface area contributed by atoms with Crippen molar-refractivity contribution in [3.63, 3.8) is 0 Å². The van der Waals surface area contributed by atoms with Crippen LogP contribution >= 0.6 is 0 Å². The largest absolute Gasteiger partial charge is 0.310 e. The summed E-state index contributed by atoms with van der Waals surface area (Å²) in [5, 5.41) is 4.93. The molecule has 0 amide bonds. The second kappa shape index (κ2) is 33.2. The van der Waals surface area contributed by atoms with Crippen molar-refractivity contribution in [3.05, 3.63) is 625 Å². The third-order valence-electron chi connectivity index (χ3n) is 31.9. The minimum atomic E-state index is -0.563. The lowest BCUT2D eigenvalue weighted by Crippen LogP contribution is -2.33. The highest BCUT2D eigenvalue weighted by molar-refractivity contribution is 6.16. The van der Waals surface area contributed by atoms with Gasteiger partial charge in [-0.05, 0) is 241 Å². The molecule has 0 saturated heterocycles. The van der Waals surface area contributed by atoms with Crippen LogP contribution in [0.3, 0.4) is 0 Å². The fourth-order valence-electron chi connectivity index (χ4n) is 25.9. The van der Waals surface area contributed by atoms with Gasteiger partial charge in [-0.2, -0.15) is 0 Å². The van der Waals surface area contributed by atoms with Gasteiger partial charge in [-0.1, -0.05) is 473 Å². The Balaban J connectivity index is 0.000000138. The van der Waals surface area contributed by atoms with E-state index < -0.39 is 16.2 Å². The van der Waals surface area contributed by atoms with Crippen LogP contribution in [0, 0.1) is 0 Å². The summed E-state index contributed by atoms with van der Waals surface area (Å²) in [6, 6.07) is 207. The van der Waals surface area contributed by atoms with Crippen molar-refractivity contribution in [2.75, 3.05) is 9.80 Å². The predicted octanol–water partition coefficient (Wildman–Crippen LogP) is 36.2. The number of fused-ring (bicyclic) bond motifs is 27. The first-order valence-corrected chi connectivity index (χ1v) is 50.4. The van der Waals surface area contributed by atoms with E-state index in [1.54, 1.807) is 0 Å². The van der Waals surface area contributed by atoms with Crippen LogP contribution in [-0.2, 0) is 16.2 Å². The number of anilines is 6. The van der Waals surface area contributed by atoms with Gasteiger partial charge in [-0.3, -0.25) is 0 Å². The van der Waals surface area contributed by atoms with Gasteiger partial charge in [0.15, 0.2) is 0 Å². The number of rotatable bonds is 14. The molecule has 0 N–H and O–H groups in total. The van der Waals surface area contributed by atoms with Crippen LogP contribution < -0.4 is 9.80 Å². The van der Waals surface area contributed by atoms with Crippen molar-refractivity contribution in [2.24, 2.45) is 0 Å². The summed E-state index contributed by atoms with van der Waals surface area (Å²) in [6.45, 7) is 0. The first kappa shape index (κ1) is 83.2. The van der Waals surface area contributed by atoms with E-state index >= 15 is 0 Å². The van der Waals surface area contributed by atoms with Crippen LogP contribution in [0.5, 0.6) is 0 Å². The highest BCUT2D eigenvalue weighted by Gasteiger charge is 2.54. The maximum absolute atomic E-state index is 2.56. The molecule has 2 aromatic heterocycles. The Morgan fingerprint density at radius 2 is 0.400 bits per heavy atom. The van der Waals surface area contributed by atoms with Crippen LogP contribution in [0.2, 0.25) is 0 Å². The number of benzene rings is 23. The van der Waals surface area contributed by atoms with E-state index in [2.05, 4.69) is 577 Å². The van der Waals surface area contributed by atoms with Crippen molar-refractivity contribution in [2.45, 2.75) is 16.2 Å². The van der Waals surface area contributed by atoms with Crippen LogP contribution in [0.25, 0.3) is 155 Å². The Bertz CT molecular complexity index is 9340. The Morgan fingerprint density at radius 3 is 0.772 bits per heavy atom. The van der Waals surface area contributed by atoms with Gasteiger partial charge < -0.3 is 18.9 Å². The van der Waals surface area contributed by atoms with Crippen molar-refractivity contribution in [3.8, 4) is 112 Å². The summed E-state index contributed by atoms with van der Waals surface area (Å²) in [5.74, 6) is 0. The summed E-state index contributed by atoms with van der Waals surface area (Å²) >= 11 is 0. The van der Waals surface area contributed by atoms with Gasteiger partial charge in [0.25, 0.3) is 0 Å². The van der Waals surface area contributed by atoms with E-state index in [-0.39, 0.29) is 0 Å². The summed E-state index contributed by atoms with van der Waals surface area (Å²) in [6.07, 6.45) is 0. The van der Waals surface area contributed by atoms with Gasteiger partial charge in [0.1, 0.15) is 0 Å². The normalized spacial score (nSPS) is 13.3. The molecular formula is C141H92N4. The van der Waals surface area contributed by atoms with Crippen LogP contribution in [0.1, 0.15) is 66.8 Å². The molecule has 4 heterocycles. The number of hydrogen-bond donors (Lipinski definition) is 0. The monoisotopic (exact) mass is 1840 g/mol. The molecule has 3 aliphatic carbocycles. The molecule has 2 aliphatic heterocycles. The summed E-state index contributed by atoms with van der Waals surface area (Å²) in [4.78, 5) is 4.98. The molecule has 0 radical (unpaired) electrons. The highest BCUT2D eigenvalue weighted by atomic mass is 15.2. The predicted molar refractivity (Wildman–Crippen MR) is 603 cm³/mol. The van der Waals surface area contributed by atoms with Crippen molar-refractivity contribution in [1.29, 1.82) is 0 Å². The number of nitrogens with zero attached hydrogens (tertiary/aromatic N) is 4. The molecule has 4 nitrogen and oxygen atoms in total. The lowest BCUT2D eigenvalue weighted by Gasteiger charge is -2.39. The molecule has 676 valence electrons. The minimum absolute atomic E-state index is 0.457. The van der Waals surface area contributed by atoms with E-state index in [9.17, 15) is 0 Å². The fourth-order valence-corrected chi connectivity index (χ4v) is 25.9. The molecule has 30 rings (SSSR count). The van der Waals surface area contributed by atoms with Crippen molar-refractivity contribution < 1.29 is 0 Å². The molecular weight excluding hydrogens is 1750 g/mol. The Hall–Kier alpha value is -18.7. The second-order valence-electron chi connectivity index (χ2n) is 39.0. The third-order valence-corrected chi connectivity index (χ3v) is 31.9. The zero-order valence-electron chi connectivity index (χ0n) is 79.4. The van der Waals surface area contributed by atoms with E-state index in [0.717, 1.165) is 56.4 Å². The van der Waals surface area contributed by atoms with E-state index in [1.807, 2.05) is 0 Å². The molecule has 0 atom stereocenters. The summed E-state index contributed by atoms with van der Waals surface area (Å²) < 4.78 is 5.10. The molecule has 0 fully saturated rings. The average molecular weight is 1840 g/mol. The average Bonchev–Trinajstić information content (AvgIpc) is 1.51. The molecule has 5 aliphatic rings. The zero-order valence-corrected chi connectivity index (χ0v) is 79.4. The van der Waals surface area contributed by atoms with Gasteiger partial charge in [0.2, 0.25) is 0 Å². The standard InChI is InChI=1S/C74H48N2.C67H44N2/c1-4-21-49(22-5-1)50-39-41-51(42-40-50)56-27-13-18-37-69(56)75(55-43-45-60-59-30-10-14-32-63(59)73(68(60)48-55,52-23-6-2-7-24-52)53-25-8-3-9-26-53)54-44-46-70-62(47-54)61-31-20-36-67-72(61)76(70)71-38-19-17-35-66(71)74(67)64-33-15-11-28-57(64)58-29-12-16-34-65(58)74;1-3-16-45(17-4-1)47-30-32-49(33-31-47)50-38-40-52(41-39-50)68(63-28-13-9-20-54(63)51-36-34-48(35-37-51)46-18-5-2-6-19-46)53-42-43-64-58(44-53)57-23-15-27-62-66(57)69(64)65-29-14-12-26-61(65)67(62)59-24-10-7-21-55(59)56-22-8-11-25-60(56)67/h1-48H;1-44H. The van der Waals surface area contributed by atoms with Gasteiger partial charge in [0.05, 0.1) is 61.1 Å². The number of para-hydroxylation sites is 6. The van der Waals surface area contributed by atoms with Gasteiger partial charge in [-0.15, -0.1) is 0 Å². The quantitative estimate of drug-likeness (QED) is 0.108. The number of aromatic nitrogens is 2. The topological polar surface area (TPSA) is 16.3 Å². The van der Waals surface area contributed by atoms with E-state index in [1.165, 1.54) is 200 Å². The summed E-state index contributed by atoms with van der Waals surface area (Å²) in [5.41, 5.74) is 50.1. The second-order valence-corrected chi connectivity index (χ2v) is 39.0. The first-order chi connectivity index (χ1) is 72.0. The first-order valence-electron chi connectivity index (χ1n) is 50.4. The molecule has 25 aromatic rings. The highest BCUT2D eigenvalue weighted by Crippen LogP contribution is 2.65. The van der Waals surface area contributed by atoms with Crippen LogP contribution in [-0.4, -0.2) is 9.13 Å². The van der Waals surface area contributed by atoms with Gasteiger partial charge in [-0.25, -0.2) is 0 Å². The van der Waals surface area contributed by atoms with E-state index in [4.69, 9.17) is 0 Å². The fraction of sp³-hybridized carbons (Fsp3) is 0.0213. The van der Waals surface area contributed by atoms with Crippen LogP contribution in [0.4, 0.5) is 34.1 Å². The van der Waals surface area contributed by atoms with Crippen LogP contribution in [0.15, 0.2) is 558 Å². The van der Waals surface area contributed by atoms with E-state index in [0.29, 0.717) is 0 Å². The van der Waals surface area contributed by atoms with Crippen molar-refractivity contribution >= 4 is 77.7 Å².